The number of hydrogen-bond acceptors (Lipinski definition) is 2. The summed E-state index contributed by atoms with van der Waals surface area (Å²) in [7, 11) is 0. The first-order valence-corrected chi connectivity index (χ1v) is 14.6. The molecule has 1 aromatic rings. The zero-order chi connectivity index (χ0) is 24.8. The molecular weight excluding hydrogens is 428 g/mol. The molecule has 35 heavy (non-hydrogen) atoms. The van der Waals surface area contributed by atoms with Crippen LogP contribution >= 0.6 is 0 Å². The number of rotatable bonds is 7. The SMILES string of the molecule is CC(C)CCC[C@@H](C)[C@H]1CC[C@H]2[C@@H]3CC=C4N(Nc5ccccc5)C(=O)CC[C@]4(C)[C@H]3CC[C@]12C. The number of nitrogens with one attached hydrogen (secondary N) is 1. The number of carbonyl (C=O) groups excluding carboxylic acids is 1. The van der Waals surface area contributed by atoms with Gasteiger partial charge in [-0.3, -0.25) is 10.2 Å². The largest absolute Gasteiger partial charge is 0.292 e. The molecule has 3 nitrogen and oxygen atoms in total. The molecule has 0 spiro atoms. The number of hydrazine groups is 1. The molecule has 1 aliphatic heterocycles. The van der Waals surface area contributed by atoms with Gasteiger partial charge >= 0.3 is 0 Å². The Morgan fingerprint density at radius 3 is 2.51 bits per heavy atom. The lowest BCUT2D eigenvalue weighted by molar-refractivity contribution is -0.136. The van der Waals surface area contributed by atoms with Crippen molar-refractivity contribution in [2.24, 2.45) is 46.3 Å². The van der Waals surface area contributed by atoms with Crippen molar-refractivity contribution < 1.29 is 4.79 Å². The lowest BCUT2D eigenvalue weighted by atomic mass is 9.48. The number of anilines is 1. The molecule has 1 heterocycles. The molecule has 1 amide bonds. The Kier molecular flexibility index (Phi) is 6.83. The van der Waals surface area contributed by atoms with Gasteiger partial charge in [0.1, 0.15) is 0 Å². The third-order valence-corrected chi connectivity index (χ3v) is 11.0. The summed E-state index contributed by atoms with van der Waals surface area (Å²) in [6.45, 7) is 12.4. The molecule has 0 bridgehead atoms. The van der Waals surface area contributed by atoms with Crippen molar-refractivity contribution in [2.45, 2.75) is 98.8 Å². The van der Waals surface area contributed by atoms with Crippen molar-refractivity contribution in [2.75, 3.05) is 5.43 Å². The number of allylic oxidation sites excluding steroid dienone is 2. The molecule has 0 aromatic heterocycles. The van der Waals surface area contributed by atoms with E-state index < -0.39 is 0 Å². The Morgan fingerprint density at radius 2 is 1.77 bits per heavy atom. The van der Waals surface area contributed by atoms with Crippen LogP contribution in [0.2, 0.25) is 0 Å². The Hall–Kier alpha value is -1.77. The second-order valence-electron chi connectivity index (χ2n) is 13.4. The smallest absolute Gasteiger partial charge is 0.245 e. The average Bonchev–Trinajstić information content (AvgIpc) is 3.19. The van der Waals surface area contributed by atoms with Gasteiger partial charge in [-0.1, -0.05) is 78.2 Å². The van der Waals surface area contributed by atoms with Gasteiger partial charge in [0.25, 0.3) is 0 Å². The van der Waals surface area contributed by atoms with E-state index in [1.807, 2.05) is 23.2 Å². The Balaban J connectivity index is 1.35. The first kappa shape index (κ1) is 24.9. The van der Waals surface area contributed by atoms with Gasteiger partial charge in [0.15, 0.2) is 0 Å². The fraction of sp³-hybridized carbons (Fsp3) is 0.719. The van der Waals surface area contributed by atoms with Crippen LogP contribution in [-0.2, 0) is 4.79 Å². The van der Waals surface area contributed by atoms with Gasteiger partial charge in [0.05, 0.1) is 5.69 Å². The summed E-state index contributed by atoms with van der Waals surface area (Å²) in [6, 6.07) is 10.2. The van der Waals surface area contributed by atoms with Crippen molar-refractivity contribution in [3.05, 3.63) is 42.1 Å². The topological polar surface area (TPSA) is 32.3 Å². The van der Waals surface area contributed by atoms with Crippen LogP contribution in [-0.4, -0.2) is 10.9 Å². The molecule has 1 aromatic carbocycles. The predicted molar refractivity (Wildman–Crippen MR) is 145 cm³/mol. The molecule has 0 radical (unpaired) electrons. The standard InChI is InChI=1S/C32H48N2O/c1-22(2)10-9-11-23(3)26-15-16-27-25-14-17-29-32(5,28(25)18-20-31(26,27)4)21-19-30(35)34(29)33-24-12-7-6-8-13-24/h6-8,12-13,17,22-23,25-28,33H,9-11,14-16,18-21H2,1-5H3/t23-,25+,26-,27+,28+,31-,32-/m1/s1. The second kappa shape index (κ2) is 9.60. The van der Waals surface area contributed by atoms with Crippen LogP contribution in [0.4, 0.5) is 5.69 Å². The predicted octanol–water partition coefficient (Wildman–Crippen LogP) is 8.45. The summed E-state index contributed by atoms with van der Waals surface area (Å²) < 4.78 is 0. The maximum absolute atomic E-state index is 13.1. The fourth-order valence-electron chi connectivity index (χ4n) is 9.14. The number of carbonyl (C=O) groups is 1. The van der Waals surface area contributed by atoms with Gasteiger partial charge in [0.2, 0.25) is 5.91 Å². The summed E-state index contributed by atoms with van der Waals surface area (Å²) in [5.41, 5.74) is 6.32. The quantitative estimate of drug-likeness (QED) is 0.428. The molecule has 3 aliphatic carbocycles. The van der Waals surface area contributed by atoms with Crippen LogP contribution in [0.25, 0.3) is 0 Å². The molecule has 1 saturated heterocycles. The lowest BCUT2D eigenvalue weighted by Gasteiger charge is -2.59. The van der Waals surface area contributed by atoms with Crippen LogP contribution < -0.4 is 5.43 Å². The lowest BCUT2D eigenvalue weighted by Crippen LogP contribution is -2.55. The number of fused-ring (bicyclic) bond motifs is 5. The van der Waals surface area contributed by atoms with Crippen LogP contribution in [0.15, 0.2) is 42.1 Å². The maximum atomic E-state index is 13.1. The van der Waals surface area contributed by atoms with E-state index in [0.29, 0.717) is 17.8 Å². The van der Waals surface area contributed by atoms with E-state index in [-0.39, 0.29) is 11.3 Å². The zero-order valence-corrected chi connectivity index (χ0v) is 22.9. The number of piperidine rings is 1. The fourth-order valence-corrected chi connectivity index (χ4v) is 9.14. The van der Waals surface area contributed by atoms with E-state index >= 15 is 0 Å². The highest BCUT2D eigenvalue weighted by Crippen LogP contribution is 2.67. The summed E-state index contributed by atoms with van der Waals surface area (Å²) in [5, 5.41) is 1.91. The molecule has 0 unspecified atom stereocenters. The van der Waals surface area contributed by atoms with E-state index in [2.05, 4.69) is 58.3 Å². The van der Waals surface area contributed by atoms with E-state index in [4.69, 9.17) is 0 Å². The minimum atomic E-state index is 0.0981. The highest BCUT2D eigenvalue weighted by molar-refractivity contribution is 5.81. The third-order valence-electron chi connectivity index (χ3n) is 11.0. The summed E-state index contributed by atoms with van der Waals surface area (Å²) in [4.78, 5) is 13.1. The maximum Gasteiger partial charge on any atom is 0.245 e. The van der Waals surface area contributed by atoms with E-state index in [0.717, 1.165) is 48.1 Å². The Morgan fingerprint density at radius 1 is 1.00 bits per heavy atom. The number of amides is 1. The van der Waals surface area contributed by atoms with E-state index in [1.165, 1.54) is 50.6 Å². The van der Waals surface area contributed by atoms with Gasteiger partial charge in [-0.2, -0.15) is 0 Å². The molecule has 3 fully saturated rings. The van der Waals surface area contributed by atoms with Crippen LogP contribution in [0, 0.1) is 46.3 Å². The zero-order valence-electron chi connectivity index (χ0n) is 22.9. The number of para-hydroxylation sites is 1. The molecule has 2 saturated carbocycles. The summed E-state index contributed by atoms with van der Waals surface area (Å²) >= 11 is 0. The van der Waals surface area contributed by atoms with Gasteiger partial charge < -0.3 is 0 Å². The molecule has 3 heteroatoms. The third kappa shape index (κ3) is 4.36. The minimum Gasteiger partial charge on any atom is -0.292 e. The van der Waals surface area contributed by atoms with Crippen molar-refractivity contribution in [3.8, 4) is 0 Å². The van der Waals surface area contributed by atoms with Crippen LogP contribution in [0.5, 0.6) is 0 Å². The second-order valence-corrected chi connectivity index (χ2v) is 13.4. The molecule has 5 rings (SSSR count). The summed E-state index contributed by atoms with van der Waals surface area (Å²) in [5.74, 6) is 5.11. The number of benzene rings is 1. The molecule has 7 atom stereocenters. The monoisotopic (exact) mass is 476 g/mol. The van der Waals surface area contributed by atoms with Crippen molar-refractivity contribution >= 4 is 11.6 Å². The van der Waals surface area contributed by atoms with Gasteiger partial charge in [-0.05, 0) is 91.6 Å². The molecule has 4 aliphatic rings. The van der Waals surface area contributed by atoms with Gasteiger partial charge in [-0.15, -0.1) is 0 Å². The first-order chi connectivity index (χ1) is 16.7. The Labute approximate surface area is 214 Å². The average molecular weight is 477 g/mol. The molecule has 1 N–H and O–H groups in total. The van der Waals surface area contributed by atoms with Crippen molar-refractivity contribution in [1.82, 2.24) is 5.01 Å². The number of nitrogens with zero attached hydrogens (tertiary/aromatic N) is 1. The highest BCUT2D eigenvalue weighted by Gasteiger charge is 2.60. The van der Waals surface area contributed by atoms with Gasteiger partial charge in [-0.25, -0.2) is 5.01 Å². The summed E-state index contributed by atoms with van der Waals surface area (Å²) in [6.07, 6.45) is 15.0. The van der Waals surface area contributed by atoms with E-state index in [1.54, 1.807) is 0 Å². The number of hydrogen-bond donors (Lipinski definition) is 1. The van der Waals surface area contributed by atoms with Crippen molar-refractivity contribution in [3.63, 3.8) is 0 Å². The minimum absolute atomic E-state index is 0.0981. The van der Waals surface area contributed by atoms with Crippen LogP contribution in [0.3, 0.4) is 0 Å². The van der Waals surface area contributed by atoms with E-state index in [9.17, 15) is 4.79 Å². The molecular formula is C32H48N2O. The van der Waals surface area contributed by atoms with Gasteiger partial charge in [0, 0.05) is 17.5 Å². The molecule has 192 valence electrons. The first-order valence-electron chi connectivity index (χ1n) is 14.6. The normalized spacial score (nSPS) is 37.4. The van der Waals surface area contributed by atoms with Crippen LogP contribution in [0.1, 0.15) is 98.8 Å². The Bertz CT molecular complexity index is 938. The highest BCUT2D eigenvalue weighted by atomic mass is 16.2. The van der Waals surface area contributed by atoms with Crippen molar-refractivity contribution in [1.29, 1.82) is 0 Å².